The van der Waals surface area contributed by atoms with Crippen LogP contribution in [0.3, 0.4) is 0 Å². The summed E-state index contributed by atoms with van der Waals surface area (Å²) in [6.07, 6.45) is 7.06. The van der Waals surface area contributed by atoms with E-state index >= 15 is 0 Å². The molecule has 0 aromatic heterocycles. The number of hydrogen-bond donors (Lipinski definition) is 1. The van der Waals surface area contributed by atoms with Crippen molar-refractivity contribution in [3.05, 3.63) is 0 Å². The van der Waals surface area contributed by atoms with Crippen molar-refractivity contribution in [2.24, 2.45) is 5.92 Å². The standard InChI is InChI=1S/C11H19NOS/c1-2-9(1)10-3-6-12-11(13-10)4-7-14-8-5-11/h9-10,12H,1-8H2. The lowest BCUT2D eigenvalue weighted by atomic mass is 10.0. The summed E-state index contributed by atoms with van der Waals surface area (Å²) in [5.41, 5.74) is 0.0801. The van der Waals surface area contributed by atoms with E-state index in [0.29, 0.717) is 6.10 Å². The van der Waals surface area contributed by atoms with Crippen molar-refractivity contribution >= 4 is 11.8 Å². The van der Waals surface area contributed by atoms with E-state index in [0.717, 1.165) is 5.92 Å². The van der Waals surface area contributed by atoms with Crippen LogP contribution in [0.2, 0.25) is 0 Å². The minimum atomic E-state index is 0.0801. The van der Waals surface area contributed by atoms with E-state index in [4.69, 9.17) is 4.74 Å². The molecule has 2 nitrogen and oxygen atoms in total. The second-order valence-corrected chi connectivity index (χ2v) is 6.04. The molecule has 0 amide bonds. The van der Waals surface area contributed by atoms with Gasteiger partial charge >= 0.3 is 0 Å². The van der Waals surface area contributed by atoms with Crippen LogP contribution >= 0.6 is 11.8 Å². The van der Waals surface area contributed by atoms with E-state index in [-0.39, 0.29) is 5.72 Å². The minimum absolute atomic E-state index is 0.0801. The maximum Gasteiger partial charge on any atom is 0.121 e. The van der Waals surface area contributed by atoms with Gasteiger partial charge in [0.2, 0.25) is 0 Å². The van der Waals surface area contributed by atoms with Crippen LogP contribution in [0.5, 0.6) is 0 Å². The summed E-state index contributed by atoms with van der Waals surface area (Å²) in [5.74, 6) is 3.44. The molecule has 0 bridgehead atoms. The van der Waals surface area contributed by atoms with Crippen LogP contribution < -0.4 is 5.32 Å². The highest BCUT2D eigenvalue weighted by atomic mass is 32.2. The molecule has 1 spiro atoms. The average molecular weight is 213 g/mol. The van der Waals surface area contributed by atoms with Crippen molar-refractivity contribution in [2.75, 3.05) is 18.1 Å². The van der Waals surface area contributed by atoms with Gasteiger partial charge in [0.25, 0.3) is 0 Å². The molecule has 0 aromatic rings. The number of ether oxygens (including phenoxy) is 1. The van der Waals surface area contributed by atoms with Gasteiger partial charge in [-0.2, -0.15) is 11.8 Å². The molecule has 0 aromatic carbocycles. The lowest BCUT2D eigenvalue weighted by molar-refractivity contribution is -0.153. The van der Waals surface area contributed by atoms with Crippen molar-refractivity contribution in [2.45, 2.75) is 43.9 Å². The van der Waals surface area contributed by atoms with E-state index in [2.05, 4.69) is 17.1 Å². The van der Waals surface area contributed by atoms with E-state index in [1.165, 1.54) is 50.2 Å². The summed E-state index contributed by atoms with van der Waals surface area (Å²) >= 11 is 2.07. The van der Waals surface area contributed by atoms with Gasteiger partial charge in [-0.25, -0.2) is 0 Å². The molecule has 1 unspecified atom stereocenters. The quantitative estimate of drug-likeness (QED) is 0.720. The zero-order valence-electron chi connectivity index (χ0n) is 8.63. The van der Waals surface area contributed by atoms with Crippen molar-refractivity contribution < 1.29 is 4.74 Å². The van der Waals surface area contributed by atoms with Gasteiger partial charge in [-0.3, -0.25) is 5.32 Å². The molecule has 2 aliphatic heterocycles. The Kier molecular flexibility index (Phi) is 2.50. The lowest BCUT2D eigenvalue weighted by Crippen LogP contribution is -2.56. The summed E-state index contributed by atoms with van der Waals surface area (Å²) in [4.78, 5) is 0. The Morgan fingerprint density at radius 2 is 1.93 bits per heavy atom. The minimum Gasteiger partial charge on any atom is -0.357 e. The average Bonchev–Trinajstić information content (AvgIpc) is 3.02. The molecule has 14 heavy (non-hydrogen) atoms. The third-order valence-electron chi connectivity index (χ3n) is 3.70. The molecule has 2 saturated heterocycles. The second kappa shape index (κ2) is 3.69. The predicted octanol–water partition coefficient (Wildman–Crippen LogP) is 2.00. The molecular weight excluding hydrogens is 194 g/mol. The van der Waals surface area contributed by atoms with Gasteiger partial charge < -0.3 is 4.74 Å². The van der Waals surface area contributed by atoms with Crippen LogP contribution in [-0.4, -0.2) is 29.9 Å². The number of hydrogen-bond acceptors (Lipinski definition) is 3. The van der Waals surface area contributed by atoms with Gasteiger partial charge in [0.05, 0.1) is 6.10 Å². The number of rotatable bonds is 1. The summed E-state index contributed by atoms with van der Waals surface area (Å²) in [7, 11) is 0. The fourth-order valence-electron chi connectivity index (χ4n) is 2.63. The first-order chi connectivity index (χ1) is 6.88. The first-order valence-electron chi connectivity index (χ1n) is 5.89. The Bertz CT molecular complexity index is 206. The summed E-state index contributed by atoms with van der Waals surface area (Å²) < 4.78 is 6.31. The Labute approximate surface area is 90.2 Å². The smallest absolute Gasteiger partial charge is 0.121 e. The molecule has 0 radical (unpaired) electrons. The van der Waals surface area contributed by atoms with E-state index in [9.17, 15) is 0 Å². The van der Waals surface area contributed by atoms with Crippen molar-refractivity contribution in [1.82, 2.24) is 5.32 Å². The SMILES string of the molecule is C1CC(C2CC2)OC2(CCSCC2)N1. The van der Waals surface area contributed by atoms with E-state index in [1.54, 1.807) is 0 Å². The molecule has 3 fully saturated rings. The zero-order valence-corrected chi connectivity index (χ0v) is 9.44. The molecule has 1 N–H and O–H groups in total. The van der Waals surface area contributed by atoms with Crippen LogP contribution in [0.4, 0.5) is 0 Å². The number of thioether (sulfide) groups is 1. The highest BCUT2D eigenvalue weighted by molar-refractivity contribution is 7.99. The van der Waals surface area contributed by atoms with Crippen molar-refractivity contribution in [3.8, 4) is 0 Å². The predicted molar refractivity (Wildman–Crippen MR) is 59.5 cm³/mol. The highest BCUT2D eigenvalue weighted by Crippen LogP contribution is 2.41. The Hall–Kier alpha value is 0.270. The zero-order chi connectivity index (χ0) is 9.43. The van der Waals surface area contributed by atoms with Gasteiger partial charge in [-0.1, -0.05) is 0 Å². The first-order valence-corrected chi connectivity index (χ1v) is 7.04. The summed E-state index contributed by atoms with van der Waals surface area (Å²) in [5, 5.41) is 3.61. The Morgan fingerprint density at radius 3 is 2.64 bits per heavy atom. The topological polar surface area (TPSA) is 21.3 Å². The third-order valence-corrected chi connectivity index (χ3v) is 4.69. The molecule has 3 rings (SSSR count). The van der Waals surface area contributed by atoms with Crippen LogP contribution in [0.15, 0.2) is 0 Å². The molecule has 1 saturated carbocycles. The van der Waals surface area contributed by atoms with Gasteiger partial charge in [0.1, 0.15) is 5.72 Å². The molecule has 2 heterocycles. The Morgan fingerprint density at radius 1 is 1.14 bits per heavy atom. The van der Waals surface area contributed by atoms with Gasteiger partial charge in [-0.05, 0) is 49.5 Å². The van der Waals surface area contributed by atoms with Gasteiger partial charge in [0, 0.05) is 6.54 Å². The maximum absolute atomic E-state index is 6.31. The lowest BCUT2D eigenvalue weighted by Gasteiger charge is -2.44. The van der Waals surface area contributed by atoms with Gasteiger partial charge in [-0.15, -0.1) is 0 Å². The number of nitrogens with one attached hydrogen (secondary N) is 1. The highest BCUT2D eigenvalue weighted by Gasteiger charge is 2.43. The molecule has 3 heteroatoms. The normalized spacial score (nSPS) is 37.3. The van der Waals surface area contributed by atoms with Crippen molar-refractivity contribution in [1.29, 1.82) is 0 Å². The van der Waals surface area contributed by atoms with Crippen LogP contribution in [0, 0.1) is 5.92 Å². The molecule has 1 aliphatic carbocycles. The molecule has 80 valence electrons. The monoisotopic (exact) mass is 213 g/mol. The van der Waals surface area contributed by atoms with E-state index < -0.39 is 0 Å². The van der Waals surface area contributed by atoms with Crippen molar-refractivity contribution in [3.63, 3.8) is 0 Å². The third kappa shape index (κ3) is 1.82. The summed E-state index contributed by atoms with van der Waals surface area (Å²) in [6.45, 7) is 1.17. The second-order valence-electron chi connectivity index (χ2n) is 4.82. The van der Waals surface area contributed by atoms with E-state index in [1.807, 2.05) is 0 Å². The maximum atomic E-state index is 6.31. The fourth-order valence-corrected chi connectivity index (χ4v) is 3.78. The fraction of sp³-hybridized carbons (Fsp3) is 1.00. The summed E-state index contributed by atoms with van der Waals surface area (Å²) in [6, 6.07) is 0. The van der Waals surface area contributed by atoms with Crippen LogP contribution in [0.25, 0.3) is 0 Å². The van der Waals surface area contributed by atoms with Crippen LogP contribution in [0.1, 0.15) is 32.1 Å². The Balaban J connectivity index is 1.66. The molecular formula is C11H19NOS. The van der Waals surface area contributed by atoms with Gasteiger partial charge in [0.15, 0.2) is 0 Å². The molecule has 3 aliphatic rings. The molecule has 1 atom stereocenters. The first kappa shape index (κ1) is 9.49. The largest absolute Gasteiger partial charge is 0.357 e. The van der Waals surface area contributed by atoms with Crippen LogP contribution in [-0.2, 0) is 4.74 Å².